The lowest BCUT2D eigenvalue weighted by Gasteiger charge is -2.11. The number of pyridine rings is 1. The molecule has 0 spiro atoms. The summed E-state index contributed by atoms with van der Waals surface area (Å²) in [6.45, 7) is 4.22. The molecule has 0 saturated heterocycles. The second-order valence-corrected chi connectivity index (χ2v) is 6.79. The van der Waals surface area contributed by atoms with E-state index in [0.717, 1.165) is 17.7 Å². The highest BCUT2D eigenvalue weighted by Crippen LogP contribution is 2.29. The van der Waals surface area contributed by atoms with Gasteiger partial charge >= 0.3 is 6.18 Å². The van der Waals surface area contributed by atoms with Crippen molar-refractivity contribution in [2.75, 3.05) is 23.7 Å². The first-order chi connectivity index (χ1) is 14.7. The van der Waals surface area contributed by atoms with Gasteiger partial charge in [0.1, 0.15) is 23.3 Å². The number of hydrogen-bond donors (Lipinski definition) is 3. The molecule has 10 heteroatoms. The molecule has 162 valence electrons. The van der Waals surface area contributed by atoms with Gasteiger partial charge in [0.25, 0.3) is 5.91 Å². The number of amides is 1. The van der Waals surface area contributed by atoms with Crippen LogP contribution in [0.15, 0.2) is 48.7 Å². The van der Waals surface area contributed by atoms with Gasteiger partial charge in [0.2, 0.25) is 0 Å². The van der Waals surface area contributed by atoms with Gasteiger partial charge in [-0.05, 0) is 49.7 Å². The Morgan fingerprint density at radius 3 is 2.48 bits per heavy atom. The average Bonchev–Trinajstić information content (AvgIpc) is 2.70. The lowest BCUT2D eigenvalue weighted by Crippen LogP contribution is -2.29. The van der Waals surface area contributed by atoms with E-state index < -0.39 is 17.6 Å². The van der Waals surface area contributed by atoms with Crippen molar-refractivity contribution in [2.45, 2.75) is 20.0 Å². The minimum Gasteiger partial charge on any atom is -0.368 e. The van der Waals surface area contributed by atoms with Crippen molar-refractivity contribution < 1.29 is 18.0 Å². The van der Waals surface area contributed by atoms with Gasteiger partial charge in [-0.25, -0.2) is 15.0 Å². The van der Waals surface area contributed by atoms with Crippen molar-refractivity contribution >= 4 is 23.4 Å². The average molecular weight is 430 g/mol. The molecule has 0 aliphatic rings. The number of aryl methyl sites for hydroxylation is 2. The summed E-state index contributed by atoms with van der Waals surface area (Å²) in [6.07, 6.45) is -2.81. The number of nitrogens with zero attached hydrogens (tertiary/aromatic N) is 3. The Morgan fingerprint density at radius 1 is 0.968 bits per heavy atom. The van der Waals surface area contributed by atoms with Gasteiger partial charge in [-0.1, -0.05) is 6.07 Å². The third-order valence-corrected chi connectivity index (χ3v) is 4.18. The molecule has 31 heavy (non-hydrogen) atoms. The third-order valence-electron chi connectivity index (χ3n) is 4.18. The van der Waals surface area contributed by atoms with Crippen LogP contribution in [-0.2, 0) is 6.18 Å². The molecule has 0 radical (unpaired) electrons. The number of hydrogen-bond acceptors (Lipinski definition) is 6. The maximum Gasteiger partial charge on any atom is 0.416 e. The summed E-state index contributed by atoms with van der Waals surface area (Å²) >= 11 is 0. The molecule has 0 unspecified atom stereocenters. The van der Waals surface area contributed by atoms with Gasteiger partial charge in [-0.2, -0.15) is 13.2 Å². The summed E-state index contributed by atoms with van der Waals surface area (Å²) in [4.78, 5) is 25.0. The number of carbonyl (C=O) groups is 1. The summed E-state index contributed by atoms with van der Waals surface area (Å²) in [5, 5.41) is 8.75. The van der Waals surface area contributed by atoms with Gasteiger partial charge in [-0.3, -0.25) is 4.79 Å². The predicted molar refractivity (Wildman–Crippen MR) is 111 cm³/mol. The summed E-state index contributed by atoms with van der Waals surface area (Å²) in [6, 6.07) is 9.76. The number of halogens is 3. The quantitative estimate of drug-likeness (QED) is 0.489. The van der Waals surface area contributed by atoms with Crippen LogP contribution in [0.4, 0.5) is 30.6 Å². The van der Waals surface area contributed by atoms with E-state index in [0.29, 0.717) is 29.8 Å². The second-order valence-electron chi connectivity index (χ2n) is 6.79. The molecule has 1 aromatic carbocycles. The lowest BCUT2D eigenvalue weighted by molar-refractivity contribution is -0.137. The predicted octanol–water partition coefficient (Wildman–Crippen LogP) is 4.09. The standard InChI is InChI=1S/C21H21F3N6O/c1-13-6-7-25-17(10-13)30-19-12-18(28-14(2)29-19)26-8-9-27-20(31)15-4-3-5-16(11-15)21(22,23)24/h3-7,10-12H,8-9H2,1-2H3,(H,27,31)(H2,25,26,28,29,30). The first-order valence-electron chi connectivity index (χ1n) is 9.45. The monoisotopic (exact) mass is 430 g/mol. The largest absolute Gasteiger partial charge is 0.416 e. The number of alkyl halides is 3. The molecule has 0 fully saturated rings. The van der Waals surface area contributed by atoms with Gasteiger partial charge in [-0.15, -0.1) is 0 Å². The fraction of sp³-hybridized carbons (Fsp3) is 0.238. The molecule has 0 saturated carbocycles. The molecule has 3 N–H and O–H groups in total. The Bertz CT molecular complexity index is 1070. The zero-order chi connectivity index (χ0) is 22.4. The van der Waals surface area contributed by atoms with E-state index in [1.165, 1.54) is 12.1 Å². The molecule has 3 rings (SSSR count). The maximum absolute atomic E-state index is 12.8. The topological polar surface area (TPSA) is 91.8 Å². The van der Waals surface area contributed by atoms with Crippen LogP contribution in [0.3, 0.4) is 0 Å². The van der Waals surface area contributed by atoms with Crippen molar-refractivity contribution in [3.8, 4) is 0 Å². The molecular weight excluding hydrogens is 409 g/mol. The van der Waals surface area contributed by atoms with Crippen molar-refractivity contribution in [1.82, 2.24) is 20.3 Å². The summed E-state index contributed by atoms with van der Waals surface area (Å²) in [7, 11) is 0. The molecule has 0 aliphatic heterocycles. The molecule has 2 aromatic heterocycles. The maximum atomic E-state index is 12.8. The number of rotatable bonds is 7. The van der Waals surface area contributed by atoms with Crippen LogP contribution in [0.5, 0.6) is 0 Å². The van der Waals surface area contributed by atoms with Gasteiger partial charge in [0.05, 0.1) is 5.56 Å². The molecule has 2 heterocycles. The minimum atomic E-state index is -4.50. The number of benzene rings is 1. The molecule has 1 amide bonds. The number of aromatic nitrogens is 3. The summed E-state index contributed by atoms with van der Waals surface area (Å²) in [5.41, 5.74) is 0.140. The van der Waals surface area contributed by atoms with E-state index in [9.17, 15) is 18.0 Å². The van der Waals surface area contributed by atoms with E-state index in [4.69, 9.17) is 0 Å². The Balaban J connectivity index is 1.55. The molecule has 0 aliphatic carbocycles. The van der Waals surface area contributed by atoms with Gasteiger partial charge in [0, 0.05) is 30.9 Å². The Kier molecular flexibility index (Phi) is 6.68. The van der Waals surface area contributed by atoms with Gasteiger partial charge in [0.15, 0.2) is 0 Å². The van der Waals surface area contributed by atoms with Crippen LogP contribution >= 0.6 is 0 Å². The smallest absolute Gasteiger partial charge is 0.368 e. The Labute approximate surface area is 177 Å². The number of carbonyl (C=O) groups excluding carboxylic acids is 1. The fourth-order valence-corrected chi connectivity index (χ4v) is 2.76. The second kappa shape index (κ2) is 9.41. The molecule has 3 aromatic rings. The first-order valence-corrected chi connectivity index (χ1v) is 9.45. The van der Waals surface area contributed by atoms with Gasteiger partial charge < -0.3 is 16.0 Å². The minimum absolute atomic E-state index is 0.0511. The Hall–Kier alpha value is -3.69. The number of nitrogens with one attached hydrogen (secondary N) is 3. The van der Waals surface area contributed by atoms with E-state index in [-0.39, 0.29) is 12.1 Å². The van der Waals surface area contributed by atoms with E-state index in [1.807, 2.05) is 19.1 Å². The zero-order valence-electron chi connectivity index (χ0n) is 16.9. The summed E-state index contributed by atoms with van der Waals surface area (Å²) in [5.74, 6) is 1.70. The molecular formula is C21H21F3N6O. The van der Waals surface area contributed by atoms with E-state index in [2.05, 4.69) is 30.9 Å². The van der Waals surface area contributed by atoms with Crippen LogP contribution in [0.2, 0.25) is 0 Å². The zero-order valence-corrected chi connectivity index (χ0v) is 16.9. The highest BCUT2D eigenvalue weighted by Gasteiger charge is 2.30. The van der Waals surface area contributed by atoms with Crippen LogP contribution in [0.1, 0.15) is 27.3 Å². The fourth-order valence-electron chi connectivity index (χ4n) is 2.76. The van der Waals surface area contributed by atoms with E-state index >= 15 is 0 Å². The van der Waals surface area contributed by atoms with Crippen LogP contribution < -0.4 is 16.0 Å². The van der Waals surface area contributed by atoms with Crippen molar-refractivity contribution in [3.63, 3.8) is 0 Å². The summed E-state index contributed by atoms with van der Waals surface area (Å²) < 4.78 is 38.4. The number of anilines is 3. The van der Waals surface area contributed by atoms with Crippen molar-refractivity contribution in [2.24, 2.45) is 0 Å². The Morgan fingerprint density at radius 2 is 1.74 bits per heavy atom. The molecule has 7 nitrogen and oxygen atoms in total. The molecule has 0 bridgehead atoms. The van der Waals surface area contributed by atoms with Crippen LogP contribution in [0, 0.1) is 13.8 Å². The van der Waals surface area contributed by atoms with Crippen LogP contribution in [0.25, 0.3) is 0 Å². The lowest BCUT2D eigenvalue weighted by atomic mass is 10.1. The van der Waals surface area contributed by atoms with Crippen LogP contribution in [-0.4, -0.2) is 33.9 Å². The normalized spacial score (nSPS) is 11.1. The van der Waals surface area contributed by atoms with Crippen molar-refractivity contribution in [1.29, 1.82) is 0 Å². The third kappa shape index (κ3) is 6.39. The molecule has 0 atom stereocenters. The highest BCUT2D eigenvalue weighted by atomic mass is 19.4. The van der Waals surface area contributed by atoms with Crippen molar-refractivity contribution in [3.05, 3.63) is 71.2 Å². The SMILES string of the molecule is Cc1ccnc(Nc2cc(NCCNC(=O)c3cccc(C(F)(F)F)c3)nc(C)n2)c1. The first kappa shape index (κ1) is 22.0. The highest BCUT2D eigenvalue weighted by molar-refractivity contribution is 5.94. The van der Waals surface area contributed by atoms with E-state index in [1.54, 1.807) is 19.2 Å².